The lowest BCUT2D eigenvalue weighted by Gasteiger charge is -2.36. The van der Waals surface area contributed by atoms with E-state index in [4.69, 9.17) is 5.11 Å². The summed E-state index contributed by atoms with van der Waals surface area (Å²) in [7, 11) is 2.29. The Morgan fingerprint density at radius 2 is 1.78 bits per heavy atom. The fraction of sp³-hybridized carbons (Fsp3) is 1.00. The van der Waals surface area contributed by atoms with Gasteiger partial charge in [0, 0.05) is 39.3 Å². The molecule has 1 N–H and O–H groups in total. The molecule has 1 heterocycles. The summed E-state index contributed by atoms with van der Waals surface area (Å²) in [5.41, 5.74) is 0. The quantitative estimate of drug-likeness (QED) is 0.717. The van der Waals surface area contributed by atoms with Gasteiger partial charge in [-0.15, -0.1) is 0 Å². The van der Waals surface area contributed by atoms with E-state index in [1.807, 2.05) is 14.1 Å². The Balaban J connectivity index is 2.55. The van der Waals surface area contributed by atoms with Crippen LogP contribution in [0.5, 0.6) is 0 Å². The van der Waals surface area contributed by atoms with Gasteiger partial charge in [0.25, 0.3) is 10.2 Å². The third-order valence-corrected chi connectivity index (χ3v) is 5.49. The van der Waals surface area contributed by atoms with Gasteiger partial charge < -0.3 is 10.0 Å². The fourth-order valence-corrected chi connectivity index (χ4v) is 3.62. The molecule has 108 valence electrons. The summed E-state index contributed by atoms with van der Waals surface area (Å²) in [5, 5.41) is 8.75. The molecule has 1 fully saturated rings. The van der Waals surface area contributed by atoms with Crippen molar-refractivity contribution in [2.75, 3.05) is 47.4 Å². The normalized spacial score (nSPS) is 19.9. The first-order chi connectivity index (χ1) is 8.39. The molecule has 0 amide bonds. The van der Waals surface area contributed by atoms with Gasteiger partial charge in [-0.1, -0.05) is 0 Å². The molecule has 7 heteroatoms. The Kier molecular flexibility index (Phi) is 6.00. The molecule has 1 rings (SSSR count). The Morgan fingerprint density at radius 3 is 2.22 bits per heavy atom. The summed E-state index contributed by atoms with van der Waals surface area (Å²) < 4.78 is 27.3. The third kappa shape index (κ3) is 3.89. The van der Waals surface area contributed by atoms with Crippen LogP contribution < -0.4 is 0 Å². The maximum Gasteiger partial charge on any atom is 0.281 e. The van der Waals surface area contributed by atoms with Crippen molar-refractivity contribution in [2.45, 2.75) is 25.3 Å². The zero-order valence-corrected chi connectivity index (χ0v) is 12.4. The highest BCUT2D eigenvalue weighted by atomic mass is 32.2. The number of aliphatic hydroxyl groups is 1. The molecule has 6 nitrogen and oxygen atoms in total. The highest BCUT2D eigenvalue weighted by molar-refractivity contribution is 7.86. The maximum absolute atomic E-state index is 12.2. The topological polar surface area (TPSA) is 64.1 Å². The van der Waals surface area contributed by atoms with E-state index in [2.05, 4.69) is 4.90 Å². The van der Waals surface area contributed by atoms with E-state index in [1.165, 1.54) is 4.31 Å². The summed E-state index contributed by atoms with van der Waals surface area (Å²) >= 11 is 0. The summed E-state index contributed by atoms with van der Waals surface area (Å²) in [5.74, 6) is 0. The number of rotatable bonds is 6. The number of hydrogen-bond acceptors (Lipinski definition) is 4. The summed E-state index contributed by atoms with van der Waals surface area (Å²) in [4.78, 5) is 2.15. The molecule has 0 bridgehead atoms. The van der Waals surface area contributed by atoms with Crippen LogP contribution in [0.3, 0.4) is 0 Å². The van der Waals surface area contributed by atoms with E-state index < -0.39 is 10.2 Å². The van der Waals surface area contributed by atoms with E-state index >= 15 is 0 Å². The van der Waals surface area contributed by atoms with Gasteiger partial charge in [-0.3, -0.25) is 0 Å². The van der Waals surface area contributed by atoms with Crippen molar-refractivity contribution < 1.29 is 13.5 Å². The minimum atomic E-state index is -3.35. The Bertz CT molecular complexity index is 337. The lowest BCUT2D eigenvalue weighted by atomic mass is 10.1. The SMILES string of the molecule is CN(C)C1CCN(S(=O)(=O)N(C)CCCO)CC1. The van der Waals surface area contributed by atoms with E-state index in [1.54, 1.807) is 11.4 Å². The van der Waals surface area contributed by atoms with Gasteiger partial charge in [-0.2, -0.15) is 17.0 Å². The van der Waals surface area contributed by atoms with Crippen LogP contribution >= 0.6 is 0 Å². The van der Waals surface area contributed by atoms with Gasteiger partial charge in [0.2, 0.25) is 0 Å². The van der Waals surface area contributed by atoms with Gasteiger partial charge in [0.05, 0.1) is 0 Å². The van der Waals surface area contributed by atoms with Crippen LogP contribution in [-0.4, -0.2) is 80.5 Å². The van der Waals surface area contributed by atoms with Crippen molar-refractivity contribution in [3.8, 4) is 0 Å². The maximum atomic E-state index is 12.2. The van der Waals surface area contributed by atoms with Gasteiger partial charge >= 0.3 is 0 Å². The van der Waals surface area contributed by atoms with Crippen LogP contribution in [0, 0.1) is 0 Å². The second-order valence-corrected chi connectivity index (χ2v) is 7.04. The first-order valence-electron chi connectivity index (χ1n) is 6.38. The van der Waals surface area contributed by atoms with Crippen molar-refractivity contribution >= 4 is 10.2 Å². The average Bonchev–Trinajstić information content (AvgIpc) is 2.35. The summed E-state index contributed by atoms with van der Waals surface area (Å²) in [6.45, 7) is 1.54. The zero-order valence-electron chi connectivity index (χ0n) is 11.5. The van der Waals surface area contributed by atoms with Crippen LogP contribution in [0.15, 0.2) is 0 Å². The van der Waals surface area contributed by atoms with Crippen LogP contribution in [0.4, 0.5) is 0 Å². The predicted octanol–water partition coefficient (Wildman–Crippen LogP) is -0.429. The highest BCUT2D eigenvalue weighted by Gasteiger charge is 2.31. The van der Waals surface area contributed by atoms with E-state index in [0.717, 1.165) is 12.8 Å². The van der Waals surface area contributed by atoms with Crippen molar-refractivity contribution in [1.82, 2.24) is 13.5 Å². The summed E-state index contributed by atoms with van der Waals surface area (Å²) in [6.07, 6.45) is 2.23. The molecule has 0 aromatic rings. The molecule has 1 saturated heterocycles. The van der Waals surface area contributed by atoms with Crippen molar-refractivity contribution in [2.24, 2.45) is 0 Å². The summed E-state index contributed by atoms with van der Waals surface area (Å²) in [6, 6.07) is 0.471. The Labute approximate surface area is 110 Å². The predicted molar refractivity (Wildman–Crippen MR) is 71.5 cm³/mol. The fourth-order valence-electron chi connectivity index (χ4n) is 2.20. The van der Waals surface area contributed by atoms with Gasteiger partial charge in [-0.05, 0) is 33.4 Å². The first-order valence-corrected chi connectivity index (χ1v) is 7.78. The van der Waals surface area contributed by atoms with E-state index in [-0.39, 0.29) is 6.61 Å². The molecule has 0 saturated carbocycles. The first kappa shape index (κ1) is 15.8. The average molecular weight is 279 g/mol. The lowest BCUT2D eigenvalue weighted by molar-refractivity contribution is 0.190. The number of nitrogens with zero attached hydrogens (tertiary/aromatic N) is 3. The molecule has 0 aromatic carbocycles. The third-order valence-electron chi connectivity index (χ3n) is 3.51. The second-order valence-electron chi connectivity index (χ2n) is 5.00. The highest BCUT2D eigenvalue weighted by Crippen LogP contribution is 2.18. The molecular formula is C11H25N3O3S. The number of aliphatic hydroxyl groups excluding tert-OH is 1. The van der Waals surface area contributed by atoms with E-state index in [0.29, 0.717) is 32.1 Å². The van der Waals surface area contributed by atoms with Crippen molar-refractivity contribution in [1.29, 1.82) is 0 Å². The molecule has 0 unspecified atom stereocenters. The number of hydrogen-bond donors (Lipinski definition) is 1. The van der Waals surface area contributed by atoms with Crippen LogP contribution in [0.2, 0.25) is 0 Å². The largest absolute Gasteiger partial charge is 0.396 e. The van der Waals surface area contributed by atoms with Gasteiger partial charge in [-0.25, -0.2) is 0 Å². The molecule has 0 spiro atoms. The Hall–Kier alpha value is -0.210. The molecule has 0 radical (unpaired) electrons. The molecule has 0 aromatic heterocycles. The number of piperidine rings is 1. The van der Waals surface area contributed by atoms with Crippen LogP contribution in [0.1, 0.15) is 19.3 Å². The standard InChI is InChI=1S/C11H25N3O3S/c1-12(2)11-5-8-14(9-6-11)18(16,17)13(3)7-4-10-15/h11,15H,4-10H2,1-3H3. The molecule has 1 aliphatic rings. The molecule has 1 aliphatic heterocycles. The smallest absolute Gasteiger partial charge is 0.281 e. The zero-order chi connectivity index (χ0) is 13.8. The monoisotopic (exact) mass is 279 g/mol. The van der Waals surface area contributed by atoms with Gasteiger partial charge in [0.15, 0.2) is 0 Å². The van der Waals surface area contributed by atoms with Crippen LogP contribution in [-0.2, 0) is 10.2 Å². The molecule has 0 aliphatic carbocycles. The van der Waals surface area contributed by atoms with Crippen molar-refractivity contribution in [3.63, 3.8) is 0 Å². The lowest BCUT2D eigenvalue weighted by Crippen LogP contribution is -2.49. The second kappa shape index (κ2) is 6.81. The minimum Gasteiger partial charge on any atom is -0.396 e. The van der Waals surface area contributed by atoms with Crippen molar-refractivity contribution in [3.05, 3.63) is 0 Å². The molecular weight excluding hydrogens is 254 g/mol. The Morgan fingerprint density at radius 1 is 1.22 bits per heavy atom. The van der Waals surface area contributed by atoms with E-state index in [9.17, 15) is 8.42 Å². The van der Waals surface area contributed by atoms with Crippen LogP contribution in [0.25, 0.3) is 0 Å². The minimum absolute atomic E-state index is 0.0164. The molecule has 18 heavy (non-hydrogen) atoms. The molecule has 0 atom stereocenters. The van der Waals surface area contributed by atoms with Gasteiger partial charge in [0.1, 0.15) is 0 Å².